The summed E-state index contributed by atoms with van der Waals surface area (Å²) in [7, 11) is 0. The predicted octanol–water partition coefficient (Wildman–Crippen LogP) is 5.59. The Labute approximate surface area is 154 Å². The van der Waals surface area contributed by atoms with Gasteiger partial charge in [-0.25, -0.2) is 0 Å². The monoisotopic (exact) mass is 340 g/mol. The van der Waals surface area contributed by atoms with Crippen LogP contribution in [0, 0.1) is 5.41 Å². The normalized spacial score (nSPS) is 21.2. The van der Waals surface area contributed by atoms with Crippen LogP contribution in [0.3, 0.4) is 0 Å². The highest BCUT2D eigenvalue weighted by Gasteiger charge is 2.24. The molecule has 2 aliphatic rings. The van der Waals surface area contributed by atoms with E-state index in [0.29, 0.717) is 5.41 Å². The molecule has 0 radical (unpaired) electrons. The molecule has 1 fully saturated rings. The van der Waals surface area contributed by atoms with Crippen LogP contribution in [0.15, 0.2) is 30.3 Å². The highest BCUT2D eigenvalue weighted by molar-refractivity contribution is 5.77. The fourth-order valence-electron chi connectivity index (χ4n) is 4.14. The molecule has 0 bridgehead atoms. The van der Waals surface area contributed by atoms with Crippen LogP contribution < -0.4 is 4.90 Å². The third kappa shape index (κ3) is 4.88. The van der Waals surface area contributed by atoms with Crippen molar-refractivity contribution in [2.45, 2.75) is 59.3 Å². The lowest BCUT2D eigenvalue weighted by atomic mass is 9.77. The zero-order valence-corrected chi connectivity index (χ0v) is 16.6. The van der Waals surface area contributed by atoms with Gasteiger partial charge in [-0.2, -0.15) is 0 Å². The van der Waals surface area contributed by atoms with Gasteiger partial charge in [0, 0.05) is 37.4 Å². The zero-order chi connectivity index (χ0) is 17.7. The number of hydrogen-bond acceptors (Lipinski definition) is 2. The van der Waals surface area contributed by atoms with Crippen LogP contribution in [-0.4, -0.2) is 37.6 Å². The number of benzene rings is 1. The van der Waals surface area contributed by atoms with Gasteiger partial charge in [0.15, 0.2) is 0 Å². The Morgan fingerprint density at radius 3 is 2.44 bits per heavy atom. The van der Waals surface area contributed by atoms with E-state index in [2.05, 4.69) is 60.9 Å². The minimum atomic E-state index is 0.475. The summed E-state index contributed by atoms with van der Waals surface area (Å²) in [5.41, 5.74) is 4.99. The van der Waals surface area contributed by atoms with E-state index < -0.39 is 0 Å². The van der Waals surface area contributed by atoms with Crippen LogP contribution in [0.1, 0.15) is 64.9 Å². The lowest BCUT2D eigenvalue weighted by Gasteiger charge is -2.38. The summed E-state index contributed by atoms with van der Waals surface area (Å²) in [6.45, 7) is 13.1. The lowest BCUT2D eigenvalue weighted by molar-refractivity contribution is 0.252. The molecular weight excluding hydrogens is 304 g/mol. The molecule has 1 heterocycles. The molecule has 0 aromatic heterocycles. The largest absolute Gasteiger partial charge is 0.368 e. The number of para-hydroxylation sites is 1. The Kier molecular flexibility index (Phi) is 6.22. The number of rotatable bonds is 6. The van der Waals surface area contributed by atoms with Gasteiger partial charge in [-0.05, 0) is 49.3 Å². The molecule has 2 heteroatoms. The molecule has 0 N–H and O–H groups in total. The van der Waals surface area contributed by atoms with Crippen LogP contribution in [-0.2, 0) is 0 Å². The second-order valence-corrected chi connectivity index (χ2v) is 8.65. The van der Waals surface area contributed by atoms with Crippen molar-refractivity contribution in [2.75, 3.05) is 37.6 Å². The first kappa shape index (κ1) is 18.5. The van der Waals surface area contributed by atoms with Gasteiger partial charge < -0.3 is 4.90 Å². The fourth-order valence-corrected chi connectivity index (χ4v) is 4.14. The number of nitrogens with zero attached hydrogens (tertiary/aromatic N) is 2. The Hall–Kier alpha value is -1.28. The summed E-state index contributed by atoms with van der Waals surface area (Å²) in [5.74, 6) is 0. The van der Waals surface area contributed by atoms with Gasteiger partial charge in [0.1, 0.15) is 0 Å². The van der Waals surface area contributed by atoms with E-state index >= 15 is 0 Å². The van der Waals surface area contributed by atoms with Crippen LogP contribution in [0.5, 0.6) is 0 Å². The van der Waals surface area contributed by atoms with Crippen molar-refractivity contribution in [3.63, 3.8) is 0 Å². The molecule has 0 unspecified atom stereocenters. The van der Waals surface area contributed by atoms with Crippen molar-refractivity contribution in [1.29, 1.82) is 0 Å². The molecule has 138 valence electrons. The van der Waals surface area contributed by atoms with E-state index in [0.717, 1.165) is 0 Å². The average Bonchev–Trinajstić information content (AvgIpc) is 2.63. The molecule has 25 heavy (non-hydrogen) atoms. The number of hydrogen-bond donors (Lipinski definition) is 0. The van der Waals surface area contributed by atoms with Gasteiger partial charge in [-0.1, -0.05) is 57.9 Å². The number of allylic oxidation sites excluding steroid dienone is 2. The second-order valence-electron chi connectivity index (χ2n) is 8.65. The van der Waals surface area contributed by atoms with E-state index in [1.165, 1.54) is 82.5 Å². The van der Waals surface area contributed by atoms with Crippen LogP contribution in [0.2, 0.25) is 0 Å². The van der Waals surface area contributed by atoms with Crippen molar-refractivity contribution in [2.24, 2.45) is 5.41 Å². The molecule has 1 saturated heterocycles. The summed E-state index contributed by atoms with van der Waals surface area (Å²) in [5, 5.41) is 0. The highest BCUT2D eigenvalue weighted by Crippen LogP contribution is 2.40. The standard InChI is InChI=1S/C23H36N2/c1-4-5-8-15-24-16-18-25(19-17-24)22-10-7-6-9-21(22)20-11-13-23(2,3)14-12-20/h6-7,9-11H,4-5,8,12-19H2,1-3H3. The summed E-state index contributed by atoms with van der Waals surface area (Å²) >= 11 is 0. The quantitative estimate of drug-likeness (QED) is 0.623. The Balaban J connectivity index is 1.65. The molecule has 0 spiro atoms. The highest BCUT2D eigenvalue weighted by atomic mass is 15.3. The molecule has 2 nitrogen and oxygen atoms in total. The Bertz CT molecular complexity index is 580. The summed E-state index contributed by atoms with van der Waals surface area (Å²) in [6.07, 6.45) is 10.3. The maximum absolute atomic E-state index is 2.65. The molecule has 0 saturated carbocycles. The van der Waals surface area contributed by atoms with E-state index in [4.69, 9.17) is 0 Å². The van der Waals surface area contributed by atoms with Gasteiger partial charge in [-0.3, -0.25) is 4.90 Å². The first-order valence-electron chi connectivity index (χ1n) is 10.3. The average molecular weight is 341 g/mol. The fraction of sp³-hybridized carbons (Fsp3) is 0.652. The smallest absolute Gasteiger partial charge is 0.0443 e. The van der Waals surface area contributed by atoms with E-state index in [1.54, 1.807) is 5.57 Å². The number of piperazine rings is 1. The van der Waals surface area contributed by atoms with Crippen molar-refractivity contribution < 1.29 is 0 Å². The maximum Gasteiger partial charge on any atom is 0.0443 e. The Morgan fingerprint density at radius 1 is 1.00 bits per heavy atom. The third-order valence-corrected chi connectivity index (χ3v) is 6.01. The predicted molar refractivity (Wildman–Crippen MR) is 110 cm³/mol. The van der Waals surface area contributed by atoms with Crippen molar-refractivity contribution >= 4 is 11.3 Å². The van der Waals surface area contributed by atoms with Crippen LogP contribution in [0.25, 0.3) is 5.57 Å². The minimum Gasteiger partial charge on any atom is -0.368 e. The molecule has 1 aromatic carbocycles. The molecule has 0 atom stereocenters. The van der Waals surface area contributed by atoms with E-state index in [-0.39, 0.29) is 0 Å². The molecule has 1 aromatic rings. The van der Waals surface area contributed by atoms with Gasteiger partial charge in [-0.15, -0.1) is 0 Å². The molecule has 1 aliphatic carbocycles. The van der Waals surface area contributed by atoms with Crippen LogP contribution in [0.4, 0.5) is 5.69 Å². The minimum absolute atomic E-state index is 0.475. The molecule has 0 amide bonds. The first-order chi connectivity index (χ1) is 12.1. The van der Waals surface area contributed by atoms with E-state index in [9.17, 15) is 0 Å². The topological polar surface area (TPSA) is 6.48 Å². The van der Waals surface area contributed by atoms with E-state index in [1.807, 2.05) is 0 Å². The lowest BCUT2D eigenvalue weighted by Crippen LogP contribution is -2.46. The van der Waals surface area contributed by atoms with Gasteiger partial charge in [0.2, 0.25) is 0 Å². The van der Waals surface area contributed by atoms with Gasteiger partial charge in [0.05, 0.1) is 0 Å². The Morgan fingerprint density at radius 2 is 1.76 bits per heavy atom. The maximum atomic E-state index is 2.65. The van der Waals surface area contributed by atoms with Crippen LogP contribution >= 0.6 is 0 Å². The number of unbranched alkanes of at least 4 members (excludes halogenated alkanes) is 2. The molecule has 3 rings (SSSR count). The zero-order valence-electron chi connectivity index (χ0n) is 16.6. The van der Waals surface area contributed by atoms with Gasteiger partial charge >= 0.3 is 0 Å². The number of anilines is 1. The van der Waals surface area contributed by atoms with Crippen molar-refractivity contribution in [3.8, 4) is 0 Å². The van der Waals surface area contributed by atoms with Crippen molar-refractivity contribution in [3.05, 3.63) is 35.9 Å². The molecule has 1 aliphatic heterocycles. The van der Waals surface area contributed by atoms with Crippen molar-refractivity contribution in [1.82, 2.24) is 4.90 Å². The third-order valence-electron chi connectivity index (χ3n) is 6.01. The summed E-state index contributed by atoms with van der Waals surface area (Å²) < 4.78 is 0. The SMILES string of the molecule is CCCCCN1CCN(c2ccccc2C2=CCC(C)(C)CC2)CC1. The second kappa shape index (κ2) is 8.40. The summed E-state index contributed by atoms with van der Waals surface area (Å²) in [6, 6.07) is 9.09. The summed E-state index contributed by atoms with van der Waals surface area (Å²) in [4.78, 5) is 5.27. The molecular formula is C23H36N2. The van der Waals surface area contributed by atoms with Gasteiger partial charge in [0.25, 0.3) is 0 Å². The first-order valence-corrected chi connectivity index (χ1v) is 10.3.